The first-order chi connectivity index (χ1) is 16.9. The monoisotopic (exact) mass is 660 g/mol. The number of unbranched alkanes of at least 4 members (excludes halogenated alkanes) is 9. The van der Waals surface area contributed by atoms with E-state index in [0.717, 1.165) is 55.8 Å². The zero-order valence-corrected chi connectivity index (χ0v) is 27.7. The average molecular weight is 660 g/mol. The quantitative estimate of drug-likeness (QED) is 0.0795. The molecular weight excluding hydrogens is 611 g/mol. The molecule has 0 unspecified atom stereocenters. The number of rotatable bonds is 24. The Balaban J connectivity index is 4.65. The van der Waals surface area contributed by atoms with E-state index in [1.54, 1.807) is 0 Å². The molecule has 0 radical (unpaired) electrons. The van der Waals surface area contributed by atoms with E-state index < -0.39 is 37.5 Å². The summed E-state index contributed by atoms with van der Waals surface area (Å²) in [6.07, 6.45) is 13.7. The van der Waals surface area contributed by atoms with Gasteiger partial charge in [0.2, 0.25) is 0 Å². The molecule has 0 aliphatic carbocycles. The summed E-state index contributed by atoms with van der Waals surface area (Å²) in [7, 11) is 0. The van der Waals surface area contributed by atoms with Crippen LogP contribution in [0.15, 0.2) is 0 Å². The van der Waals surface area contributed by atoms with Crippen molar-refractivity contribution in [3.63, 3.8) is 0 Å². The van der Waals surface area contributed by atoms with Gasteiger partial charge in [0.1, 0.15) is 0 Å². The first-order valence-electron chi connectivity index (χ1n) is 13.3. The Kier molecular flexibility index (Phi) is 24.8. The van der Waals surface area contributed by atoms with Gasteiger partial charge in [0.25, 0.3) is 0 Å². The van der Waals surface area contributed by atoms with E-state index in [4.69, 9.17) is 9.22 Å². The summed E-state index contributed by atoms with van der Waals surface area (Å²) in [5.41, 5.74) is 0. The van der Waals surface area contributed by atoms with Crippen molar-refractivity contribution in [2.75, 3.05) is 34.5 Å². The minimum absolute atomic E-state index is 0.173. The van der Waals surface area contributed by atoms with Gasteiger partial charge in [-0.05, 0) is 0 Å². The second kappa shape index (κ2) is 24.6. The second-order valence-corrected chi connectivity index (χ2v) is 18.6. The van der Waals surface area contributed by atoms with Crippen molar-refractivity contribution in [3.05, 3.63) is 0 Å². The van der Waals surface area contributed by atoms with Crippen LogP contribution in [0.4, 0.5) is 0 Å². The molecule has 0 amide bonds. The molecule has 6 nitrogen and oxygen atoms in total. The van der Waals surface area contributed by atoms with Crippen molar-refractivity contribution in [1.82, 2.24) is 0 Å². The summed E-state index contributed by atoms with van der Waals surface area (Å²) in [5, 5.41) is 0. The Hall–Kier alpha value is 0.259. The van der Waals surface area contributed by atoms with E-state index >= 15 is 0 Å². The Morgan fingerprint density at radius 1 is 0.514 bits per heavy atom. The SMILES string of the molecule is CCCCCCSCC(=O)[O][Sn]([CH3])([O]C(=O)CSCCCCCC)[O]C(=O)CSCCCCCC. The van der Waals surface area contributed by atoms with Gasteiger partial charge in [-0.2, -0.15) is 0 Å². The van der Waals surface area contributed by atoms with Gasteiger partial charge in [0.05, 0.1) is 0 Å². The third kappa shape index (κ3) is 23.1. The van der Waals surface area contributed by atoms with Crippen LogP contribution in [0.25, 0.3) is 0 Å². The fourth-order valence-electron chi connectivity index (χ4n) is 3.13. The number of hydrogen-bond donors (Lipinski definition) is 0. The van der Waals surface area contributed by atoms with Gasteiger partial charge in [-0.1, -0.05) is 0 Å². The zero-order chi connectivity index (χ0) is 26.2. The molecule has 0 aromatic carbocycles. The van der Waals surface area contributed by atoms with Crippen LogP contribution in [-0.4, -0.2) is 72.0 Å². The molecule has 0 heterocycles. The third-order valence-corrected chi connectivity index (χ3v) is 13.2. The molecule has 0 atom stereocenters. The molecule has 0 spiro atoms. The summed E-state index contributed by atoms with van der Waals surface area (Å²) < 4.78 is 16.7. The van der Waals surface area contributed by atoms with Gasteiger partial charge in [-0.15, -0.1) is 0 Å². The van der Waals surface area contributed by atoms with Crippen LogP contribution < -0.4 is 0 Å². The summed E-state index contributed by atoms with van der Waals surface area (Å²) in [4.78, 5) is 38.9. The molecule has 0 saturated heterocycles. The van der Waals surface area contributed by atoms with Crippen molar-refractivity contribution in [2.24, 2.45) is 0 Å². The van der Waals surface area contributed by atoms with Crippen molar-refractivity contribution in [2.45, 2.75) is 103 Å². The third-order valence-electron chi connectivity index (χ3n) is 4.98. The van der Waals surface area contributed by atoms with E-state index in [0.29, 0.717) is 0 Å². The average Bonchev–Trinajstić information content (AvgIpc) is 2.80. The standard InChI is InChI=1S/3C8H16O2S.CH3.Sn/c3*1-2-3-4-5-6-11-7-8(9)10;;/h3*2-7H2,1H3,(H,9,10);1H3;/q;;;;+3/p-3. The topological polar surface area (TPSA) is 78.9 Å². The van der Waals surface area contributed by atoms with Gasteiger partial charge in [-0.3, -0.25) is 0 Å². The van der Waals surface area contributed by atoms with Crippen LogP contribution in [-0.2, 0) is 23.6 Å². The fraction of sp³-hybridized carbons (Fsp3) is 0.880. The normalized spacial score (nSPS) is 11.3. The molecule has 0 bridgehead atoms. The Morgan fingerprint density at radius 3 is 1.06 bits per heavy atom. The number of carbonyl (C=O) groups is 3. The van der Waals surface area contributed by atoms with E-state index in [1.165, 1.54) is 78.8 Å². The minimum atomic E-state index is -4.66. The van der Waals surface area contributed by atoms with Crippen molar-refractivity contribution in [1.29, 1.82) is 0 Å². The van der Waals surface area contributed by atoms with E-state index in [1.807, 2.05) is 0 Å². The van der Waals surface area contributed by atoms with Crippen LogP contribution in [0, 0.1) is 0 Å². The molecule has 0 aliphatic heterocycles. The molecule has 0 fully saturated rings. The van der Waals surface area contributed by atoms with Crippen LogP contribution in [0.1, 0.15) is 97.8 Å². The fourth-order valence-corrected chi connectivity index (χ4v) is 10.9. The van der Waals surface area contributed by atoms with Crippen molar-refractivity contribution >= 4 is 72.8 Å². The molecule has 0 aromatic heterocycles. The molecule has 35 heavy (non-hydrogen) atoms. The number of thioether (sulfide) groups is 3. The molecule has 0 N–H and O–H groups in total. The first-order valence-corrected chi connectivity index (χ1v) is 23.1. The van der Waals surface area contributed by atoms with Crippen LogP contribution >= 0.6 is 35.3 Å². The maximum absolute atomic E-state index is 12.4. The Morgan fingerprint density at radius 2 is 0.800 bits per heavy atom. The number of carbonyl (C=O) groups excluding carboxylic acids is 3. The predicted octanol–water partition coefficient (Wildman–Crippen LogP) is 7.13. The maximum atomic E-state index is 12.4. The number of hydrogen-bond acceptors (Lipinski definition) is 9. The predicted molar refractivity (Wildman–Crippen MR) is 154 cm³/mol. The Bertz CT molecular complexity index is 491. The molecule has 0 aromatic rings. The van der Waals surface area contributed by atoms with Gasteiger partial charge < -0.3 is 0 Å². The molecule has 0 rings (SSSR count). The molecular formula is C25H48O6S3Sn. The zero-order valence-electron chi connectivity index (χ0n) is 22.4. The summed E-state index contributed by atoms with van der Waals surface area (Å²) in [5.74, 6) is 1.75. The summed E-state index contributed by atoms with van der Waals surface area (Å²) in [6, 6.07) is 0. The Labute approximate surface area is 232 Å². The van der Waals surface area contributed by atoms with E-state index in [-0.39, 0.29) is 17.3 Å². The van der Waals surface area contributed by atoms with Crippen molar-refractivity contribution in [3.8, 4) is 0 Å². The van der Waals surface area contributed by atoms with E-state index in [2.05, 4.69) is 20.8 Å². The van der Waals surface area contributed by atoms with Crippen LogP contribution in [0.5, 0.6) is 0 Å². The molecule has 206 valence electrons. The molecule has 0 aliphatic rings. The molecule has 10 heteroatoms. The second-order valence-electron chi connectivity index (χ2n) is 8.62. The molecule has 0 saturated carbocycles. The first kappa shape index (κ1) is 35.3. The summed E-state index contributed by atoms with van der Waals surface area (Å²) in [6.45, 7) is 6.49. The van der Waals surface area contributed by atoms with Gasteiger partial charge in [0, 0.05) is 0 Å². The van der Waals surface area contributed by atoms with E-state index in [9.17, 15) is 14.4 Å². The van der Waals surface area contributed by atoms with Crippen molar-refractivity contribution < 1.29 is 23.6 Å². The van der Waals surface area contributed by atoms with Crippen LogP contribution in [0.3, 0.4) is 0 Å². The van der Waals surface area contributed by atoms with Gasteiger partial charge in [0.15, 0.2) is 0 Å². The summed E-state index contributed by atoms with van der Waals surface area (Å²) >= 11 is -0.136. The van der Waals surface area contributed by atoms with Crippen LogP contribution in [0.2, 0.25) is 4.94 Å². The van der Waals surface area contributed by atoms with Gasteiger partial charge >= 0.3 is 234 Å². The van der Waals surface area contributed by atoms with Gasteiger partial charge in [-0.25, -0.2) is 0 Å².